The van der Waals surface area contributed by atoms with E-state index in [-0.39, 0.29) is 0 Å². The summed E-state index contributed by atoms with van der Waals surface area (Å²) < 4.78 is 0. The molecule has 2 nitrogen and oxygen atoms in total. The maximum Gasteiger partial charge on any atom is 0.0223 e. The lowest BCUT2D eigenvalue weighted by Gasteiger charge is -2.22. The lowest BCUT2D eigenvalue weighted by Crippen LogP contribution is -2.33. The average molecular weight is 206 g/mol. The molecule has 0 amide bonds. The highest BCUT2D eigenvalue weighted by Crippen LogP contribution is 2.23. The zero-order valence-electron chi connectivity index (χ0n) is 9.63. The van der Waals surface area contributed by atoms with E-state index in [4.69, 9.17) is 0 Å². The lowest BCUT2D eigenvalue weighted by molar-refractivity contribution is 0.356. The molecule has 84 valence electrons. The van der Waals surface area contributed by atoms with Crippen molar-refractivity contribution in [2.45, 2.75) is 51.6 Å². The SMILES string of the molecule is CC1CCCCCC1NCc1cc[nH]c1. The molecule has 15 heavy (non-hydrogen) atoms. The average Bonchev–Trinajstić information content (AvgIpc) is 2.67. The first-order valence-corrected chi connectivity index (χ1v) is 6.21. The molecule has 2 N–H and O–H groups in total. The molecule has 2 atom stereocenters. The van der Waals surface area contributed by atoms with Gasteiger partial charge in [0.1, 0.15) is 0 Å². The number of hydrogen-bond acceptors (Lipinski definition) is 1. The molecular formula is C13H22N2. The molecule has 1 saturated carbocycles. The van der Waals surface area contributed by atoms with Gasteiger partial charge in [-0.2, -0.15) is 0 Å². The van der Waals surface area contributed by atoms with E-state index in [1.54, 1.807) is 0 Å². The molecule has 2 unspecified atom stereocenters. The van der Waals surface area contributed by atoms with Crippen molar-refractivity contribution in [2.24, 2.45) is 5.92 Å². The van der Waals surface area contributed by atoms with E-state index in [1.165, 1.54) is 37.7 Å². The summed E-state index contributed by atoms with van der Waals surface area (Å²) in [7, 11) is 0. The van der Waals surface area contributed by atoms with Crippen molar-refractivity contribution < 1.29 is 0 Å². The van der Waals surface area contributed by atoms with Crippen LogP contribution in [-0.2, 0) is 6.54 Å². The maximum atomic E-state index is 3.69. The summed E-state index contributed by atoms with van der Waals surface area (Å²) in [4.78, 5) is 3.10. The molecule has 0 spiro atoms. The van der Waals surface area contributed by atoms with Crippen molar-refractivity contribution in [3.63, 3.8) is 0 Å². The molecule has 0 aliphatic heterocycles. The van der Waals surface area contributed by atoms with E-state index in [1.807, 2.05) is 6.20 Å². The summed E-state index contributed by atoms with van der Waals surface area (Å²) in [5.74, 6) is 0.839. The predicted molar refractivity (Wildman–Crippen MR) is 63.7 cm³/mol. The van der Waals surface area contributed by atoms with Gasteiger partial charge in [-0.25, -0.2) is 0 Å². The van der Waals surface area contributed by atoms with Gasteiger partial charge in [0.25, 0.3) is 0 Å². The van der Waals surface area contributed by atoms with Gasteiger partial charge in [0.05, 0.1) is 0 Å². The fourth-order valence-corrected chi connectivity index (χ4v) is 2.51. The number of aromatic nitrogens is 1. The Bertz CT molecular complexity index is 266. The van der Waals surface area contributed by atoms with E-state index in [9.17, 15) is 0 Å². The second kappa shape index (κ2) is 5.36. The number of aromatic amines is 1. The molecule has 1 heterocycles. The van der Waals surface area contributed by atoms with Crippen LogP contribution in [0, 0.1) is 5.92 Å². The van der Waals surface area contributed by atoms with Crippen LogP contribution in [0.3, 0.4) is 0 Å². The first-order valence-electron chi connectivity index (χ1n) is 6.21. The van der Waals surface area contributed by atoms with Crippen molar-refractivity contribution in [3.05, 3.63) is 24.0 Å². The molecule has 1 aromatic rings. The molecule has 1 aliphatic carbocycles. The maximum absolute atomic E-state index is 3.69. The largest absolute Gasteiger partial charge is 0.367 e. The summed E-state index contributed by atoms with van der Waals surface area (Å²) in [6.07, 6.45) is 11.1. The Morgan fingerprint density at radius 1 is 1.33 bits per heavy atom. The number of rotatable bonds is 3. The third kappa shape index (κ3) is 3.10. The molecule has 0 saturated heterocycles. The number of H-pyrrole nitrogens is 1. The standard InChI is InChI=1S/C13H22N2/c1-11-5-3-2-4-6-13(11)15-10-12-7-8-14-9-12/h7-9,11,13-15H,2-6,10H2,1H3. The van der Waals surface area contributed by atoms with Gasteiger partial charge in [0.15, 0.2) is 0 Å². The van der Waals surface area contributed by atoms with Gasteiger partial charge in [-0.1, -0.05) is 26.2 Å². The zero-order valence-corrected chi connectivity index (χ0v) is 9.63. The van der Waals surface area contributed by atoms with Crippen molar-refractivity contribution in [1.29, 1.82) is 0 Å². The molecule has 2 heteroatoms. The summed E-state index contributed by atoms with van der Waals surface area (Å²) >= 11 is 0. The van der Waals surface area contributed by atoms with E-state index in [0.29, 0.717) is 0 Å². The second-order valence-corrected chi connectivity index (χ2v) is 4.82. The fraction of sp³-hybridized carbons (Fsp3) is 0.692. The van der Waals surface area contributed by atoms with Crippen molar-refractivity contribution in [3.8, 4) is 0 Å². The van der Waals surface area contributed by atoms with Gasteiger partial charge in [0.2, 0.25) is 0 Å². The van der Waals surface area contributed by atoms with Crippen LogP contribution >= 0.6 is 0 Å². The third-order valence-electron chi connectivity index (χ3n) is 3.59. The molecule has 1 fully saturated rings. The normalized spacial score (nSPS) is 27.5. The minimum absolute atomic E-state index is 0.724. The van der Waals surface area contributed by atoms with E-state index < -0.39 is 0 Å². The van der Waals surface area contributed by atoms with Crippen LogP contribution in [0.4, 0.5) is 0 Å². The Kier molecular flexibility index (Phi) is 3.84. The second-order valence-electron chi connectivity index (χ2n) is 4.82. The topological polar surface area (TPSA) is 27.8 Å². The highest BCUT2D eigenvalue weighted by molar-refractivity contribution is 5.07. The molecule has 0 radical (unpaired) electrons. The van der Waals surface area contributed by atoms with Crippen LogP contribution in [-0.4, -0.2) is 11.0 Å². The van der Waals surface area contributed by atoms with E-state index in [0.717, 1.165) is 18.5 Å². The first kappa shape index (κ1) is 10.7. The van der Waals surface area contributed by atoms with E-state index >= 15 is 0 Å². The zero-order chi connectivity index (χ0) is 10.5. The Hall–Kier alpha value is -0.760. The van der Waals surface area contributed by atoms with Crippen LogP contribution in [0.25, 0.3) is 0 Å². The van der Waals surface area contributed by atoms with Crippen LogP contribution in [0.15, 0.2) is 18.5 Å². The fourth-order valence-electron chi connectivity index (χ4n) is 2.51. The predicted octanol–water partition coefficient (Wildman–Crippen LogP) is 3.07. The number of nitrogens with one attached hydrogen (secondary N) is 2. The van der Waals surface area contributed by atoms with Crippen molar-refractivity contribution in [2.75, 3.05) is 0 Å². The Morgan fingerprint density at radius 3 is 3.00 bits per heavy atom. The third-order valence-corrected chi connectivity index (χ3v) is 3.59. The molecular weight excluding hydrogens is 184 g/mol. The van der Waals surface area contributed by atoms with Gasteiger partial charge in [0, 0.05) is 25.0 Å². The van der Waals surface area contributed by atoms with Gasteiger partial charge < -0.3 is 10.3 Å². The monoisotopic (exact) mass is 206 g/mol. The smallest absolute Gasteiger partial charge is 0.0223 e. The van der Waals surface area contributed by atoms with Crippen molar-refractivity contribution in [1.82, 2.24) is 10.3 Å². The van der Waals surface area contributed by atoms with Crippen LogP contribution < -0.4 is 5.32 Å². The van der Waals surface area contributed by atoms with Gasteiger partial charge in [-0.05, 0) is 30.4 Å². The molecule has 2 rings (SSSR count). The summed E-state index contributed by atoms with van der Waals surface area (Å²) in [5, 5.41) is 3.69. The highest BCUT2D eigenvalue weighted by Gasteiger charge is 2.18. The van der Waals surface area contributed by atoms with Crippen LogP contribution in [0.1, 0.15) is 44.6 Å². The molecule has 1 aliphatic rings. The van der Waals surface area contributed by atoms with E-state index in [2.05, 4.69) is 29.5 Å². The van der Waals surface area contributed by atoms with Crippen LogP contribution in [0.5, 0.6) is 0 Å². The minimum Gasteiger partial charge on any atom is -0.367 e. The summed E-state index contributed by atoms with van der Waals surface area (Å²) in [5.41, 5.74) is 1.37. The lowest BCUT2D eigenvalue weighted by atomic mass is 9.97. The highest BCUT2D eigenvalue weighted by atomic mass is 14.9. The van der Waals surface area contributed by atoms with Crippen LogP contribution in [0.2, 0.25) is 0 Å². The number of hydrogen-bond donors (Lipinski definition) is 2. The Balaban J connectivity index is 1.81. The summed E-state index contributed by atoms with van der Waals surface area (Å²) in [6, 6.07) is 2.87. The molecule has 1 aromatic heterocycles. The molecule has 0 bridgehead atoms. The summed E-state index contributed by atoms with van der Waals surface area (Å²) in [6.45, 7) is 3.40. The van der Waals surface area contributed by atoms with Gasteiger partial charge in [-0.3, -0.25) is 0 Å². The Labute approximate surface area is 92.5 Å². The van der Waals surface area contributed by atoms with Gasteiger partial charge in [-0.15, -0.1) is 0 Å². The quantitative estimate of drug-likeness (QED) is 0.731. The Morgan fingerprint density at radius 2 is 2.20 bits per heavy atom. The molecule has 0 aromatic carbocycles. The van der Waals surface area contributed by atoms with Gasteiger partial charge >= 0.3 is 0 Å². The first-order chi connectivity index (χ1) is 7.36. The van der Waals surface area contributed by atoms with Crippen molar-refractivity contribution >= 4 is 0 Å². The minimum atomic E-state index is 0.724.